The highest BCUT2D eigenvalue weighted by Crippen LogP contribution is 2.43. The molecule has 2 atom stereocenters. The molecule has 0 saturated heterocycles. The van der Waals surface area contributed by atoms with Crippen molar-refractivity contribution in [3.05, 3.63) is 173 Å². The van der Waals surface area contributed by atoms with Crippen molar-refractivity contribution in [2.24, 2.45) is 11.8 Å². The molecule has 3 aliphatic carbocycles. The number of fused-ring (bicyclic) bond motifs is 2. The van der Waals surface area contributed by atoms with Gasteiger partial charge in [0.15, 0.2) is 0 Å². The molecule has 0 saturated carbocycles. The molecule has 3 aliphatic rings. The molecule has 0 amide bonds. The van der Waals surface area contributed by atoms with Crippen molar-refractivity contribution < 1.29 is 0 Å². The Bertz CT molecular complexity index is 1730. The average molecular weight is 487 g/mol. The molecule has 0 N–H and O–H groups in total. The van der Waals surface area contributed by atoms with E-state index < -0.39 is 0 Å². The van der Waals surface area contributed by atoms with Gasteiger partial charge in [-0.15, -0.1) is 0 Å². The second kappa shape index (κ2) is 9.80. The molecule has 2 unspecified atom stereocenters. The predicted octanol–water partition coefficient (Wildman–Crippen LogP) is 7.88. The Kier molecular flexibility index (Phi) is 5.87. The molecule has 0 heterocycles. The van der Waals surface area contributed by atoms with Gasteiger partial charge in [-0.25, -0.2) is 0 Å². The summed E-state index contributed by atoms with van der Waals surface area (Å²) < 4.78 is 0. The summed E-state index contributed by atoms with van der Waals surface area (Å²) in [6.07, 6.45) is 16.2. The van der Waals surface area contributed by atoms with Crippen LogP contribution in [0.5, 0.6) is 0 Å². The van der Waals surface area contributed by atoms with Gasteiger partial charge in [-0.1, -0.05) is 146 Å². The summed E-state index contributed by atoms with van der Waals surface area (Å²) in [5, 5.41) is 2.76. The van der Waals surface area contributed by atoms with Crippen LogP contribution < -0.4 is 10.4 Å². The van der Waals surface area contributed by atoms with Crippen LogP contribution in [0.15, 0.2) is 151 Å². The van der Waals surface area contributed by atoms with Crippen molar-refractivity contribution in [3.63, 3.8) is 0 Å². The van der Waals surface area contributed by atoms with Crippen LogP contribution in [0.2, 0.25) is 0 Å². The lowest BCUT2D eigenvalue weighted by Gasteiger charge is -2.35. The third-order valence-electron chi connectivity index (χ3n) is 8.25. The molecule has 0 nitrogen and oxygen atoms in total. The fourth-order valence-electron chi connectivity index (χ4n) is 6.43. The van der Waals surface area contributed by atoms with Crippen molar-refractivity contribution in [1.29, 1.82) is 0 Å². The number of allylic oxidation sites excluding steroid dienone is 8. The van der Waals surface area contributed by atoms with Crippen molar-refractivity contribution >= 4 is 16.7 Å². The van der Waals surface area contributed by atoms with Gasteiger partial charge in [-0.05, 0) is 67.8 Å². The Balaban J connectivity index is 1.39. The van der Waals surface area contributed by atoms with Crippen LogP contribution in [0.1, 0.15) is 24.0 Å². The zero-order valence-electron chi connectivity index (χ0n) is 21.4. The normalized spacial score (nSPS) is 19.9. The highest BCUT2D eigenvalue weighted by atomic mass is 14.4. The first-order chi connectivity index (χ1) is 18.9. The molecule has 0 radical (unpaired) electrons. The van der Waals surface area contributed by atoms with Gasteiger partial charge in [-0.3, -0.25) is 0 Å². The average Bonchev–Trinajstić information content (AvgIpc) is 3.01. The van der Waals surface area contributed by atoms with E-state index in [1.807, 2.05) is 0 Å². The topological polar surface area (TPSA) is 0 Å². The Morgan fingerprint density at radius 3 is 1.50 bits per heavy atom. The molecule has 4 aromatic rings. The van der Waals surface area contributed by atoms with E-state index in [9.17, 15) is 0 Å². The van der Waals surface area contributed by atoms with E-state index in [0.717, 1.165) is 12.8 Å². The summed E-state index contributed by atoms with van der Waals surface area (Å²) in [6.45, 7) is 0. The summed E-state index contributed by atoms with van der Waals surface area (Å²) in [6, 6.07) is 39.7. The molecule has 0 spiro atoms. The van der Waals surface area contributed by atoms with Crippen LogP contribution >= 0.6 is 0 Å². The van der Waals surface area contributed by atoms with Gasteiger partial charge in [0.2, 0.25) is 0 Å². The first-order valence-corrected chi connectivity index (χ1v) is 13.7. The maximum atomic E-state index is 2.42. The molecule has 0 fully saturated rings. The van der Waals surface area contributed by atoms with E-state index in [0.29, 0.717) is 11.8 Å². The van der Waals surface area contributed by atoms with E-state index in [-0.39, 0.29) is 0 Å². The van der Waals surface area contributed by atoms with Gasteiger partial charge in [0.25, 0.3) is 0 Å². The van der Waals surface area contributed by atoms with Crippen LogP contribution in [0.3, 0.4) is 0 Å². The molecule has 38 heavy (non-hydrogen) atoms. The van der Waals surface area contributed by atoms with Gasteiger partial charge < -0.3 is 0 Å². The van der Waals surface area contributed by atoms with Crippen molar-refractivity contribution in [2.75, 3.05) is 0 Å². The minimum Gasteiger partial charge on any atom is -0.0761 e. The van der Waals surface area contributed by atoms with Gasteiger partial charge in [-0.2, -0.15) is 0 Å². The Morgan fingerprint density at radius 1 is 0.395 bits per heavy atom. The van der Waals surface area contributed by atoms with Gasteiger partial charge in [0, 0.05) is 11.8 Å². The molecule has 0 bridgehead atoms. The maximum absolute atomic E-state index is 2.42. The van der Waals surface area contributed by atoms with E-state index in [1.54, 1.807) is 0 Å². The third kappa shape index (κ3) is 4.03. The summed E-state index contributed by atoms with van der Waals surface area (Å²) in [4.78, 5) is 0. The van der Waals surface area contributed by atoms with Crippen LogP contribution in [-0.4, -0.2) is 0 Å². The SMILES string of the molecule is C1=CC2C(C3=CC=C(c4ccccc4)CC3)=c3ccccc3=C(c3ccc(-c4ccccc4)cc3)C2C=C1. The highest BCUT2D eigenvalue weighted by Gasteiger charge is 2.32. The van der Waals surface area contributed by atoms with Crippen molar-refractivity contribution in [2.45, 2.75) is 12.8 Å². The maximum Gasteiger partial charge on any atom is 0.0137 e. The first kappa shape index (κ1) is 22.8. The van der Waals surface area contributed by atoms with E-state index in [4.69, 9.17) is 0 Å². The largest absolute Gasteiger partial charge is 0.0761 e. The molecule has 0 heteroatoms. The highest BCUT2D eigenvalue weighted by molar-refractivity contribution is 5.83. The van der Waals surface area contributed by atoms with Gasteiger partial charge >= 0.3 is 0 Å². The first-order valence-electron chi connectivity index (χ1n) is 13.7. The van der Waals surface area contributed by atoms with Crippen LogP contribution in [-0.2, 0) is 0 Å². The minimum absolute atomic E-state index is 0.327. The van der Waals surface area contributed by atoms with Gasteiger partial charge in [0.05, 0.1) is 0 Å². The van der Waals surface area contributed by atoms with E-state index in [1.165, 1.54) is 55.0 Å². The number of rotatable bonds is 4. The molecular weight excluding hydrogens is 456 g/mol. The van der Waals surface area contributed by atoms with Crippen molar-refractivity contribution in [3.8, 4) is 11.1 Å². The summed E-state index contributed by atoms with van der Waals surface area (Å²) in [5.74, 6) is 0.671. The van der Waals surface area contributed by atoms with Crippen LogP contribution in [0.4, 0.5) is 0 Å². The lowest BCUT2D eigenvalue weighted by atomic mass is 9.69. The molecule has 7 rings (SSSR count). The zero-order chi connectivity index (χ0) is 25.3. The fourth-order valence-corrected chi connectivity index (χ4v) is 6.43. The zero-order valence-corrected chi connectivity index (χ0v) is 21.4. The van der Waals surface area contributed by atoms with Crippen molar-refractivity contribution in [1.82, 2.24) is 0 Å². The standard InChI is InChI=1S/C38H30/c1-3-11-27(12-4-1)29-19-23-31(24-20-29)37-33-15-7-9-17-35(33)38(36-18-10-8-16-34(36)37)32-25-21-30(22-26-32)28-13-5-2-6-14-28/h1-21,23-25,33,35H,22,26H2. The summed E-state index contributed by atoms with van der Waals surface area (Å²) >= 11 is 0. The van der Waals surface area contributed by atoms with E-state index >= 15 is 0 Å². The number of hydrogen-bond acceptors (Lipinski definition) is 0. The molecule has 182 valence electrons. The number of hydrogen-bond donors (Lipinski definition) is 0. The molecule has 4 aromatic carbocycles. The Morgan fingerprint density at radius 2 is 0.868 bits per heavy atom. The van der Waals surface area contributed by atoms with Crippen LogP contribution in [0, 0.1) is 11.8 Å². The third-order valence-corrected chi connectivity index (χ3v) is 8.25. The van der Waals surface area contributed by atoms with E-state index in [2.05, 4.69) is 146 Å². The quantitative estimate of drug-likeness (QED) is 0.275. The molecular formula is C38H30. The fraction of sp³-hybridized carbons (Fsp3) is 0.105. The number of benzene rings is 4. The predicted molar refractivity (Wildman–Crippen MR) is 160 cm³/mol. The van der Waals surface area contributed by atoms with Gasteiger partial charge in [0.1, 0.15) is 0 Å². The second-order valence-corrected chi connectivity index (χ2v) is 10.4. The summed E-state index contributed by atoms with van der Waals surface area (Å²) in [7, 11) is 0. The lowest BCUT2D eigenvalue weighted by molar-refractivity contribution is 0.680. The molecule has 0 aliphatic heterocycles. The Labute approximate surface area is 225 Å². The summed E-state index contributed by atoms with van der Waals surface area (Å²) in [5.41, 5.74) is 11.0. The lowest BCUT2D eigenvalue weighted by Crippen LogP contribution is -2.40. The Hall–Kier alpha value is -4.42. The second-order valence-electron chi connectivity index (χ2n) is 10.4. The van der Waals surface area contributed by atoms with Crippen LogP contribution in [0.25, 0.3) is 27.8 Å². The monoisotopic (exact) mass is 486 g/mol. The molecule has 0 aromatic heterocycles. The smallest absolute Gasteiger partial charge is 0.0137 e. The minimum atomic E-state index is 0.327.